The van der Waals surface area contributed by atoms with Crippen molar-refractivity contribution < 1.29 is 14.2 Å². The predicted molar refractivity (Wildman–Crippen MR) is 82.1 cm³/mol. The molecule has 1 saturated heterocycles. The van der Waals surface area contributed by atoms with Crippen molar-refractivity contribution in [3.8, 4) is 0 Å². The van der Waals surface area contributed by atoms with Gasteiger partial charge in [-0.05, 0) is 38.1 Å². The van der Waals surface area contributed by atoms with E-state index in [1.54, 1.807) is 7.11 Å². The average Bonchev–Trinajstić information content (AvgIpc) is 2.43. The second-order valence-corrected chi connectivity index (χ2v) is 6.39. The zero-order chi connectivity index (χ0) is 14.7. The molecule has 0 radical (unpaired) electrons. The molecule has 20 heavy (non-hydrogen) atoms. The number of methoxy groups -OCH3 is 1. The monoisotopic (exact) mass is 287 g/mol. The first kappa shape index (κ1) is 17.9. The molecule has 1 aliphatic heterocycles. The van der Waals surface area contributed by atoms with Crippen molar-refractivity contribution in [3.05, 3.63) is 0 Å². The van der Waals surface area contributed by atoms with Crippen LogP contribution >= 0.6 is 0 Å². The van der Waals surface area contributed by atoms with Crippen molar-refractivity contribution in [1.29, 1.82) is 0 Å². The van der Waals surface area contributed by atoms with Crippen LogP contribution < -0.4 is 5.32 Å². The summed E-state index contributed by atoms with van der Waals surface area (Å²) in [6.07, 6.45) is 4.76. The smallest absolute Gasteiger partial charge is 0.0700 e. The zero-order valence-corrected chi connectivity index (χ0v) is 13.6. The van der Waals surface area contributed by atoms with Gasteiger partial charge in [-0.1, -0.05) is 13.8 Å². The lowest BCUT2D eigenvalue weighted by Gasteiger charge is -2.37. The summed E-state index contributed by atoms with van der Waals surface area (Å²) in [4.78, 5) is 0. The van der Waals surface area contributed by atoms with Gasteiger partial charge in [-0.3, -0.25) is 0 Å². The number of ether oxygens (including phenoxy) is 3. The van der Waals surface area contributed by atoms with E-state index in [-0.39, 0.29) is 0 Å². The molecule has 0 spiro atoms. The van der Waals surface area contributed by atoms with Gasteiger partial charge in [-0.25, -0.2) is 0 Å². The maximum atomic E-state index is 5.74. The van der Waals surface area contributed by atoms with Gasteiger partial charge in [-0.15, -0.1) is 0 Å². The number of nitrogens with one attached hydrogen (secondary N) is 1. The average molecular weight is 287 g/mol. The molecular weight excluding hydrogens is 254 g/mol. The van der Waals surface area contributed by atoms with Gasteiger partial charge in [0.05, 0.1) is 19.8 Å². The van der Waals surface area contributed by atoms with Crippen molar-refractivity contribution in [2.45, 2.75) is 39.5 Å². The van der Waals surface area contributed by atoms with E-state index in [9.17, 15) is 0 Å². The lowest BCUT2D eigenvalue weighted by molar-refractivity contribution is -0.0185. The molecule has 0 aromatic carbocycles. The molecule has 1 atom stereocenters. The molecule has 0 bridgehead atoms. The highest BCUT2D eigenvalue weighted by Gasteiger charge is 2.32. The molecular formula is C16H33NO3. The summed E-state index contributed by atoms with van der Waals surface area (Å²) in [6.45, 7) is 10.7. The van der Waals surface area contributed by atoms with Gasteiger partial charge in [0.1, 0.15) is 0 Å². The normalized spacial score (nSPS) is 23.4. The molecule has 0 aromatic heterocycles. The molecule has 4 nitrogen and oxygen atoms in total. The Balaban J connectivity index is 2.24. The highest BCUT2D eigenvalue weighted by atomic mass is 16.5. The Hall–Kier alpha value is -0.160. The van der Waals surface area contributed by atoms with E-state index >= 15 is 0 Å². The van der Waals surface area contributed by atoms with Crippen LogP contribution in [-0.4, -0.2) is 53.2 Å². The Bertz CT molecular complexity index is 228. The van der Waals surface area contributed by atoms with Gasteiger partial charge in [0.25, 0.3) is 0 Å². The van der Waals surface area contributed by atoms with E-state index in [1.807, 2.05) is 0 Å². The Labute approximate surface area is 124 Å². The summed E-state index contributed by atoms with van der Waals surface area (Å²) in [5.74, 6) is 0.703. The van der Waals surface area contributed by atoms with Crippen LogP contribution in [-0.2, 0) is 14.2 Å². The summed E-state index contributed by atoms with van der Waals surface area (Å²) in [6, 6.07) is 0. The quantitative estimate of drug-likeness (QED) is 0.593. The molecule has 1 N–H and O–H groups in total. The van der Waals surface area contributed by atoms with E-state index in [2.05, 4.69) is 19.2 Å². The third kappa shape index (κ3) is 7.58. The van der Waals surface area contributed by atoms with Gasteiger partial charge in [0, 0.05) is 32.3 Å². The van der Waals surface area contributed by atoms with Crippen LogP contribution in [0.4, 0.5) is 0 Å². The van der Waals surface area contributed by atoms with Gasteiger partial charge >= 0.3 is 0 Å². The summed E-state index contributed by atoms with van der Waals surface area (Å²) in [5.41, 5.74) is 0.317. The van der Waals surface area contributed by atoms with E-state index in [0.717, 1.165) is 39.3 Å². The molecule has 0 aliphatic carbocycles. The summed E-state index contributed by atoms with van der Waals surface area (Å²) in [5, 5.41) is 3.62. The number of rotatable bonds is 11. The van der Waals surface area contributed by atoms with E-state index < -0.39 is 0 Å². The molecule has 0 amide bonds. The summed E-state index contributed by atoms with van der Waals surface area (Å²) >= 11 is 0. The summed E-state index contributed by atoms with van der Waals surface area (Å²) < 4.78 is 16.3. The van der Waals surface area contributed by atoms with Gasteiger partial charge in [0.2, 0.25) is 0 Å². The highest BCUT2D eigenvalue weighted by molar-refractivity contribution is 4.84. The van der Waals surface area contributed by atoms with Crippen LogP contribution in [0, 0.1) is 11.3 Å². The Kier molecular flexibility index (Phi) is 9.44. The first-order valence-electron chi connectivity index (χ1n) is 8.04. The van der Waals surface area contributed by atoms with E-state index in [1.165, 1.54) is 19.3 Å². The van der Waals surface area contributed by atoms with Crippen molar-refractivity contribution in [3.63, 3.8) is 0 Å². The van der Waals surface area contributed by atoms with Crippen molar-refractivity contribution in [2.24, 2.45) is 11.3 Å². The molecule has 1 aliphatic rings. The number of hydrogen-bond acceptors (Lipinski definition) is 4. The molecule has 4 heteroatoms. The molecule has 120 valence electrons. The van der Waals surface area contributed by atoms with Crippen LogP contribution in [0.2, 0.25) is 0 Å². The van der Waals surface area contributed by atoms with Crippen LogP contribution in [0.25, 0.3) is 0 Å². The van der Waals surface area contributed by atoms with Crippen molar-refractivity contribution in [1.82, 2.24) is 5.32 Å². The summed E-state index contributed by atoms with van der Waals surface area (Å²) in [7, 11) is 1.71. The van der Waals surface area contributed by atoms with Crippen LogP contribution in [0.5, 0.6) is 0 Å². The zero-order valence-electron chi connectivity index (χ0n) is 13.6. The largest absolute Gasteiger partial charge is 0.382 e. The van der Waals surface area contributed by atoms with Crippen molar-refractivity contribution >= 4 is 0 Å². The maximum Gasteiger partial charge on any atom is 0.0700 e. The molecule has 1 heterocycles. The Morgan fingerprint density at radius 1 is 1.25 bits per heavy atom. The fourth-order valence-electron chi connectivity index (χ4n) is 2.75. The number of hydrogen-bond donors (Lipinski definition) is 1. The molecule has 0 aromatic rings. The van der Waals surface area contributed by atoms with Crippen LogP contribution in [0.15, 0.2) is 0 Å². The molecule has 1 unspecified atom stereocenters. The van der Waals surface area contributed by atoms with Gasteiger partial charge < -0.3 is 19.5 Å². The maximum absolute atomic E-state index is 5.74. The van der Waals surface area contributed by atoms with E-state index in [0.29, 0.717) is 24.5 Å². The SMILES string of the molecule is COCCOCCCC1(CNCC(C)C)CCCOC1. The minimum atomic E-state index is 0.317. The van der Waals surface area contributed by atoms with Gasteiger partial charge in [0.15, 0.2) is 0 Å². The first-order valence-corrected chi connectivity index (χ1v) is 8.04. The second kappa shape index (κ2) is 10.6. The van der Waals surface area contributed by atoms with Gasteiger partial charge in [-0.2, -0.15) is 0 Å². The topological polar surface area (TPSA) is 39.7 Å². The second-order valence-electron chi connectivity index (χ2n) is 6.39. The molecule has 0 saturated carbocycles. The third-order valence-electron chi connectivity index (χ3n) is 3.88. The highest BCUT2D eigenvalue weighted by Crippen LogP contribution is 2.33. The fourth-order valence-corrected chi connectivity index (χ4v) is 2.75. The van der Waals surface area contributed by atoms with E-state index in [4.69, 9.17) is 14.2 Å². The minimum Gasteiger partial charge on any atom is -0.382 e. The Morgan fingerprint density at radius 3 is 2.75 bits per heavy atom. The van der Waals surface area contributed by atoms with Crippen LogP contribution in [0.1, 0.15) is 39.5 Å². The molecule has 1 fully saturated rings. The minimum absolute atomic E-state index is 0.317. The predicted octanol–water partition coefficient (Wildman–Crippen LogP) is 2.47. The lowest BCUT2D eigenvalue weighted by Crippen LogP contribution is -2.42. The standard InChI is InChI=1S/C16H33NO3/c1-15(2)12-17-13-16(7-5-9-20-14-16)6-4-8-19-11-10-18-3/h15,17H,4-14H2,1-3H3. The fraction of sp³-hybridized carbons (Fsp3) is 1.00. The first-order chi connectivity index (χ1) is 9.68. The van der Waals surface area contributed by atoms with Crippen molar-refractivity contribution in [2.75, 3.05) is 53.2 Å². The Morgan fingerprint density at radius 2 is 2.10 bits per heavy atom. The van der Waals surface area contributed by atoms with Crippen LogP contribution in [0.3, 0.4) is 0 Å². The lowest BCUT2D eigenvalue weighted by atomic mass is 9.78. The molecule has 1 rings (SSSR count). The third-order valence-corrected chi connectivity index (χ3v) is 3.88.